The molecule has 0 aliphatic carbocycles. The van der Waals surface area contributed by atoms with Crippen LogP contribution in [0.3, 0.4) is 0 Å². The minimum atomic E-state index is 0.0382. The van der Waals surface area contributed by atoms with Gasteiger partial charge >= 0.3 is 0 Å². The van der Waals surface area contributed by atoms with Crippen LogP contribution in [0.2, 0.25) is 0 Å². The molecular weight excluding hydrogens is 228 g/mol. The van der Waals surface area contributed by atoms with Crippen molar-refractivity contribution < 1.29 is 14.3 Å². The molecule has 2 rings (SSSR count). The lowest BCUT2D eigenvalue weighted by atomic mass is 9.92. The van der Waals surface area contributed by atoms with Crippen LogP contribution in [0.5, 0.6) is 11.5 Å². The molecule has 0 spiro atoms. The lowest BCUT2D eigenvalue weighted by Gasteiger charge is -2.14. The third kappa shape index (κ3) is 2.84. The first-order valence-corrected chi connectivity index (χ1v) is 6.46. The number of fused-ring (bicyclic) bond motifs is 1. The number of ether oxygens (including phenoxy) is 2. The molecule has 1 atom stereocenters. The monoisotopic (exact) mass is 248 g/mol. The van der Waals surface area contributed by atoms with E-state index >= 15 is 0 Å². The van der Waals surface area contributed by atoms with E-state index in [4.69, 9.17) is 9.47 Å². The van der Waals surface area contributed by atoms with E-state index < -0.39 is 0 Å². The van der Waals surface area contributed by atoms with Gasteiger partial charge < -0.3 is 14.3 Å². The van der Waals surface area contributed by atoms with Crippen molar-refractivity contribution in [2.45, 2.75) is 33.6 Å². The standard InChI is InChI=1S/C15H20O3/c1-10(2)4-12-6-14-15(18-9-17-14)7-13(12)5-11(3)8-16/h6-8,10-11H,4-5,9H2,1-3H3. The molecule has 0 amide bonds. The first-order chi connectivity index (χ1) is 8.60. The minimum Gasteiger partial charge on any atom is -0.454 e. The highest BCUT2D eigenvalue weighted by atomic mass is 16.7. The van der Waals surface area contributed by atoms with Crippen molar-refractivity contribution in [3.8, 4) is 11.5 Å². The van der Waals surface area contributed by atoms with Crippen LogP contribution in [0, 0.1) is 11.8 Å². The summed E-state index contributed by atoms with van der Waals surface area (Å²) in [6.45, 7) is 6.62. The lowest BCUT2D eigenvalue weighted by Crippen LogP contribution is -2.06. The maximum atomic E-state index is 10.8. The van der Waals surface area contributed by atoms with E-state index in [-0.39, 0.29) is 5.92 Å². The number of rotatable bonds is 5. The fraction of sp³-hybridized carbons (Fsp3) is 0.533. The quantitative estimate of drug-likeness (QED) is 0.751. The van der Waals surface area contributed by atoms with E-state index in [9.17, 15) is 4.79 Å². The van der Waals surface area contributed by atoms with Crippen LogP contribution in [0.1, 0.15) is 31.9 Å². The molecule has 0 bridgehead atoms. The Bertz CT molecular complexity index is 438. The van der Waals surface area contributed by atoms with Crippen molar-refractivity contribution in [3.63, 3.8) is 0 Å². The summed E-state index contributed by atoms with van der Waals surface area (Å²) in [5.41, 5.74) is 2.47. The van der Waals surface area contributed by atoms with Gasteiger partial charge in [0.05, 0.1) is 0 Å². The Balaban J connectivity index is 2.31. The highest BCUT2D eigenvalue weighted by Crippen LogP contribution is 2.36. The lowest BCUT2D eigenvalue weighted by molar-refractivity contribution is -0.110. The van der Waals surface area contributed by atoms with E-state index in [2.05, 4.69) is 19.9 Å². The van der Waals surface area contributed by atoms with Crippen molar-refractivity contribution in [1.82, 2.24) is 0 Å². The van der Waals surface area contributed by atoms with E-state index in [0.717, 1.165) is 30.6 Å². The molecule has 0 fully saturated rings. The molecule has 1 unspecified atom stereocenters. The Labute approximate surface area is 108 Å². The average Bonchev–Trinajstić information content (AvgIpc) is 2.75. The molecule has 1 aromatic carbocycles. The molecule has 3 heteroatoms. The summed E-state index contributed by atoms with van der Waals surface area (Å²) in [6, 6.07) is 4.09. The number of hydrogen-bond acceptors (Lipinski definition) is 3. The van der Waals surface area contributed by atoms with Crippen molar-refractivity contribution in [3.05, 3.63) is 23.3 Å². The number of carbonyl (C=O) groups excluding carboxylic acids is 1. The molecule has 0 N–H and O–H groups in total. The zero-order valence-corrected chi connectivity index (χ0v) is 11.2. The van der Waals surface area contributed by atoms with Crippen LogP contribution < -0.4 is 9.47 Å². The molecule has 1 aromatic rings. The molecule has 1 aliphatic rings. The molecule has 1 aliphatic heterocycles. The molecular formula is C15H20O3. The Morgan fingerprint density at radius 2 is 1.67 bits per heavy atom. The second-order valence-corrected chi connectivity index (χ2v) is 5.39. The first-order valence-electron chi connectivity index (χ1n) is 6.46. The van der Waals surface area contributed by atoms with Gasteiger partial charge in [-0.15, -0.1) is 0 Å². The highest BCUT2D eigenvalue weighted by molar-refractivity contribution is 5.55. The normalized spacial score (nSPS) is 14.9. The van der Waals surface area contributed by atoms with Crippen molar-refractivity contribution in [1.29, 1.82) is 0 Å². The maximum Gasteiger partial charge on any atom is 0.231 e. The van der Waals surface area contributed by atoms with E-state index in [0.29, 0.717) is 12.7 Å². The summed E-state index contributed by atoms with van der Waals surface area (Å²) in [5, 5.41) is 0. The minimum absolute atomic E-state index is 0.0382. The van der Waals surface area contributed by atoms with Gasteiger partial charge in [0.1, 0.15) is 6.29 Å². The predicted octanol–water partition coefficient (Wildman–Crippen LogP) is 2.99. The van der Waals surface area contributed by atoms with Crippen LogP contribution in [0.25, 0.3) is 0 Å². The van der Waals surface area contributed by atoms with E-state index in [1.807, 2.05) is 13.0 Å². The summed E-state index contributed by atoms with van der Waals surface area (Å²) in [4.78, 5) is 10.8. The van der Waals surface area contributed by atoms with Crippen molar-refractivity contribution >= 4 is 6.29 Å². The molecule has 0 saturated carbocycles. The Hall–Kier alpha value is -1.51. The summed E-state index contributed by atoms with van der Waals surface area (Å²) in [5.74, 6) is 2.25. The molecule has 18 heavy (non-hydrogen) atoms. The van der Waals surface area contributed by atoms with Crippen LogP contribution in [0.4, 0.5) is 0 Å². The summed E-state index contributed by atoms with van der Waals surface area (Å²) >= 11 is 0. The third-order valence-corrected chi connectivity index (χ3v) is 3.10. The molecule has 1 heterocycles. The summed E-state index contributed by atoms with van der Waals surface area (Å²) in [6.07, 6.45) is 2.77. The Morgan fingerprint density at radius 3 is 2.17 bits per heavy atom. The maximum absolute atomic E-state index is 10.8. The fourth-order valence-corrected chi connectivity index (χ4v) is 2.24. The molecule has 0 radical (unpaired) electrons. The van der Waals surface area contributed by atoms with Crippen molar-refractivity contribution in [2.24, 2.45) is 11.8 Å². The van der Waals surface area contributed by atoms with E-state index in [1.165, 1.54) is 11.1 Å². The summed E-state index contributed by atoms with van der Waals surface area (Å²) in [7, 11) is 0. The Kier molecular flexibility index (Phi) is 3.90. The zero-order chi connectivity index (χ0) is 13.1. The predicted molar refractivity (Wildman–Crippen MR) is 70.0 cm³/mol. The van der Waals surface area contributed by atoms with Gasteiger partial charge in [0, 0.05) is 5.92 Å². The van der Waals surface area contributed by atoms with Crippen molar-refractivity contribution in [2.75, 3.05) is 6.79 Å². The Morgan fingerprint density at radius 1 is 1.11 bits per heavy atom. The zero-order valence-electron chi connectivity index (χ0n) is 11.2. The molecule has 3 nitrogen and oxygen atoms in total. The van der Waals surface area contributed by atoms with Crippen LogP contribution in [0.15, 0.2) is 12.1 Å². The molecule has 0 saturated heterocycles. The van der Waals surface area contributed by atoms with Gasteiger partial charge in [0.2, 0.25) is 6.79 Å². The third-order valence-electron chi connectivity index (χ3n) is 3.10. The van der Waals surface area contributed by atoms with Crippen LogP contribution in [-0.2, 0) is 17.6 Å². The van der Waals surface area contributed by atoms with Gasteiger partial charge in [-0.2, -0.15) is 0 Å². The van der Waals surface area contributed by atoms with Gasteiger partial charge in [-0.1, -0.05) is 20.8 Å². The average molecular weight is 248 g/mol. The van der Waals surface area contributed by atoms with Crippen LogP contribution >= 0.6 is 0 Å². The van der Waals surface area contributed by atoms with Gasteiger partial charge in [-0.05, 0) is 42.0 Å². The van der Waals surface area contributed by atoms with Gasteiger partial charge in [-0.25, -0.2) is 0 Å². The SMILES string of the molecule is CC(C)Cc1cc2c(cc1CC(C)C=O)OCO2. The molecule has 98 valence electrons. The fourth-order valence-electron chi connectivity index (χ4n) is 2.24. The first kappa shape index (κ1) is 12.9. The van der Waals surface area contributed by atoms with E-state index in [1.54, 1.807) is 0 Å². The molecule has 0 aromatic heterocycles. The number of aldehydes is 1. The summed E-state index contributed by atoms with van der Waals surface area (Å²) < 4.78 is 10.8. The second-order valence-electron chi connectivity index (χ2n) is 5.39. The number of hydrogen-bond donors (Lipinski definition) is 0. The second kappa shape index (κ2) is 5.42. The van der Waals surface area contributed by atoms with Gasteiger partial charge in [0.15, 0.2) is 11.5 Å². The largest absolute Gasteiger partial charge is 0.454 e. The van der Waals surface area contributed by atoms with Gasteiger partial charge in [-0.3, -0.25) is 0 Å². The van der Waals surface area contributed by atoms with Crippen LogP contribution in [-0.4, -0.2) is 13.1 Å². The smallest absolute Gasteiger partial charge is 0.231 e. The number of benzene rings is 1. The van der Waals surface area contributed by atoms with Gasteiger partial charge in [0.25, 0.3) is 0 Å². The number of carbonyl (C=O) groups is 1. The highest BCUT2D eigenvalue weighted by Gasteiger charge is 2.18. The topological polar surface area (TPSA) is 35.5 Å².